The zero-order chi connectivity index (χ0) is 36.2. The van der Waals surface area contributed by atoms with E-state index in [2.05, 4.69) is 0 Å². The van der Waals surface area contributed by atoms with Crippen LogP contribution in [-0.4, -0.2) is 146 Å². The van der Waals surface area contributed by atoms with Gasteiger partial charge in [0.2, 0.25) is 0 Å². The van der Waals surface area contributed by atoms with Crippen molar-refractivity contribution in [1.29, 1.82) is 0 Å². The highest BCUT2D eigenvalue weighted by Gasteiger charge is 2.44. The molecule has 290 valence electrons. The lowest BCUT2D eigenvalue weighted by Gasteiger charge is -2.32. The van der Waals surface area contributed by atoms with Crippen LogP contribution in [0.2, 0.25) is 0 Å². The van der Waals surface area contributed by atoms with Gasteiger partial charge in [0, 0.05) is 6.42 Å². The molecule has 6 heterocycles. The van der Waals surface area contributed by atoms with Crippen molar-refractivity contribution < 1.29 is 71.2 Å². The van der Waals surface area contributed by atoms with Crippen molar-refractivity contribution in [3.63, 3.8) is 0 Å². The molecule has 0 spiro atoms. The largest absolute Gasteiger partial charge is 0.463 e. The minimum absolute atomic E-state index is 0.0112. The van der Waals surface area contributed by atoms with Gasteiger partial charge in [-0.3, -0.25) is 14.4 Å². The minimum atomic E-state index is -1.08. The summed E-state index contributed by atoms with van der Waals surface area (Å²) in [5.74, 6) is -2.65. The molecular formula is C37H52O15. The Kier molecular flexibility index (Phi) is 14.7. The van der Waals surface area contributed by atoms with Gasteiger partial charge < -0.3 is 56.8 Å². The molecule has 6 rings (SSSR count). The molecule has 6 aliphatic heterocycles. The van der Waals surface area contributed by atoms with Gasteiger partial charge in [-0.2, -0.15) is 0 Å². The maximum absolute atomic E-state index is 12.4. The quantitative estimate of drug-likeness (QED) is 0.0416. The summed E-state index contributed by atoms with van der Waals surface area (Å²) in [6.45, 7) is 4.66. The van der Waals surface area contributed by atoms with Crippen molar-refractivity contribution in [2.45, 2.75) is 75.0 Å². The monoisotopic (exact) mass is 736 g/mol. The Labute approximate surface area is 304 Å². The summed E-state index contributed by atoms with van der Waals surface area (Å²) >= 11 is 0. The highest BCUT2D eigenvalue weighted by Crippen LogP contribution is 2.36. The second-order valence-electron chi connectivity index (χ2n) is 13.5. The lowest BCUT2D eigenvalue weighted by atomic mass is 9.95. The second-order valence-corrected chi connectivity index (χ2v) is 13.5. The molecule has 0 aromatic heterocycles. The molecule has 0 saturated carbocycles. The van der Waals surface area contributed by atoms with E-state index in [0.29, 0.717) is 25.7 Å². The van der Waals surface area contributed by atoms with E-state index >= 15 is 0 Å². The fraction of sp³-hybridized carbons (Fsp3) is 0.757. The van der Waals surface area contributed by atoms with E-state index in [1.807, 2.05) is 43.4 Å². The van der Waals surface area contributed by atoms with Crippen LogP contribution < -0.4 is 0 Å². The predicted octanol–water partition coefficient (Wildman–Crippen LogP) is 1.85. The number of hydrogen-bond acceptors (Lipinski definition) is 15. The van der Waals surface area contributed by atoms with Crippen LogP contribution in [0.1, 0.15) is 32.6 Å². The topological polar surface area (TPSA) is 162 Å². The maximum Gasteiger partial charge on any atom is 0.312 e. The van der Waals surface area contributed by atoms with E-state index in [9.17, 15) is 14.4 Å². The molecule has 9 atom stereocenters. The number of hydrogen-bond donors (Lipinski definition) is 0. The first-order chi connectivity index (χ1) is 25.4. The van der Waals surface area contributed by atoms with Crippen molar-refractivity contribution in [2.75, 3.05) is 85.9 Å². The lowest BCUT2D eigenvalue weighted by molar-refractivity contribution is -0.270. The van der Waals surface area contributed by atoms with Crippen LogP contribution in [0, 0.1) is 17.8 Å². The summed E-state index contributed by atoms with van der Waals surface area (Å²) in [7, 11) is 0. The Bertz CT molecular complexity index is 1210. The van der Waals surface area contributed by atoms with E-state index in [-0.39, 0.29) is 158 Å². The van der Waals surface area contributed by atoms with Gasteiger partial charge in [-0.25, -0.2) is 0 Å². The van der Waals surface area contributed by atoms with Gasteiger partial charge >= 0.3 is 17.9 Å². The molecule has 0 N–H and O–H groups in total. The fourth-order valence-corrected chi connectivity index (χ4v) is 7.09. The zero-order valence-corrected chi connectivity index (χ0v) is 29.8. The smallest absolute Gasteiger partial charge is 0.312 e. The molecule has 6 bridgehead atoms. The molecule has 15 heteroatoms. The van der Waals surface area contributed by atoms with Crippen molar-refractivity contribution in [2.24, 2.45) is 17.8 Å². The molecule has 0 aromatic carbocycles. The average molecular weight is 737 g/mol. The summed E-state index contributed by atoms with van der Waals surface area (Å²) in [5, 5.41) is 0. The summed E-state index contributed by atoms with van der Waals surface area (Å²) in [6.07, 6.45) is 13.6. The van der Waals surface area contributed by atoms with E-state index in [0.717, 1.165) is 0 Å². The molecule has 15 nitrogen and oxygen atoms in total. The van der Waals surface area contributed by atoms with Crippen molar-refractivity contribution in [1.82, 2.24) is 0 Å². The van der Waals surface area contributed by atoms with Gasteiger partial charge in [0.1, 0.15) is 26.4 Å². The number of rotatable bonds is 26. The Morgan fingerprint density at radius 3 is 1.17 bits per heavy atom. The highest BCUT2D eigenvalue weighted by atomic mass is 16.7. The third-order valence-corrected chi connectivity index (χ3v) is 9.93. The maximum atomic E-state index is 12.4. The third-order valence-electron chi connectivity index (χ3n) is 9.93. The number of carbonyl (C=O) groups is 3. The summed E-state index contributed by atoms with van der Waals surface area (Å²) in [5.41, 5.74) is 0. The van der Waals surface area contributed by atoms with Crippen molar-refractivity contribution in [3.05, 3.63) is 36.5 Å². The van der Waals surface area contributed by atoms with E-state index in [1.165, 1.54) is 0 Å². The highest BCUT2D eigenvalue weighted by molar-refractivity contribution is 5.75. The molecule has 0 aromatic rings. The Morgan fingerprint density at radius 1 is 0.500 bits per heavy atom. The summed E-state index contributed by atoms with van der Waals surface area (Å²) in [6, 6.07) is 0. The first-order valence-corrected chi connectivity index (χ1v) is 18.5. The van der Waals surface area contributed by atoms with E-state index in [1.54, 1.807) is 0 Å². The zero-order valence-electron chi connectivity index (χ0n) is 29.8. The Hall–Kier alpha value is -2.73. The molecule has 6 aliphatic rings. The van der Waals surface area contributed by atoms with Gasteiger partial charge in [0.25, 0.3) is 0 Å². The average Bonchev–Trinajstić information content (AvgIpc) is 4.03. The van der Waals surface area contributed by atoms with E-state index in [4.69, 9.17) is 56.8 Å². The van der Waals surface area contributed by atoms with Crippen LogP contribution in [-0.2, 0) is 71.2 Å². The molecule has 52 heavy (non-hydrogen) atoms. The van der Waals surface area contributed by atoms with Crippen LogP contribution in [0.15, 0.2) is 36.5 Å². The van der Waals surface area contributed by atoms with Gasteiger partial charge in [0.15, 0.2) is 5.79 Å². The first kappa shape index (κ1) is 39.0. The minimum Gasteiger partial charge on any atom is -0.463 e. The van der Waals surface area contributed by atoms with E-state index < -0.39 is 5.79 Å². The van der Waals surface area contributed by atoms with Crippen LogP contribution in [0.4, 0.5) is 0 Å². The molecule has 9 unspecified atom stereocenters. The second kappa shape index (κ2) is 19.6. The Morgan fingerprint density at radius 2 is 0.846 bits per heavy atom. The van der Waals surface area contributed by atoms with Gasteiger partial charge in [-0.05, 0) is 19.3 Å². The molecule has 3 saturated heterocycles. The Balaban J connectivity index is 0.836. The molecule has 0 aliphatic carbocycles. The van der Waals surface area contributed by atoms with Gasteiger partial charge in [-0.15, -0.1) is 0 Å². The summed E-state index contributed by atoms with van der Waals surface area (Å²) in [4.78, 5) is 37.0. The summed E-state index contributed by atoms with van der Waals surface area (Å²) < 4.78 is 68.1. The van der Waals surface area contributed by atoms with Crippen LogP contribution in [0.5, 0.6) is 0 Å². The normalized spacial score (nSPS) is 31.4. The van der Waals surface area contributed by atoms with Crippen LogP contribution in [0.25, 0.3) is 0 Å². The predicted molar refractivity (Wildman–Crippen MR) is 179 cm³/mol. The number of esters is 3. The first-order valence-electron chi connectivity index (χ1n) is 18.5. The number of carbonyl (C=O) groups excluding carboxylic acids is 3. The molecule has 0 radical (unpaired) electrons. The third kappa shape index (κ3) is 10.7. The van der Waals surface area contributed by atoms with Crippen molar-refractivity contribution in [3.8, 4) is 0 Å². The van der Waals surface area contributed by atoms with Crippen LogP contribution in [0.3, 0.4) is 0 Å². The fourth-order valence-electron chi connectivity index (χ4n) is 7.09. The van der Waals surface area contributed by atoms with Gasteiger partial charge in [-0.1, -0.05) is 43.4 Å². The number of fused-ring (bicyclic) bond motifs is 6. The lowest BCUT2D eigenvalue weighted by Crippen LogP contribution is -2.42. The van der Waals surface area contributed by atoms with Gasteiger partial charge in [0.05, 0.1) is 114 Å². The molecular weight excluding hydrogens is 684 g/mol. The number of ether oxygens (including phenoxy) is 12. The standard InChI is InChI=1S/C37H52O15/c1-2-37(48-19-14-42-12-17-46-35(39)29-22-26-4-7-32(29)51-26,49-20-15-43-13-18-47-36(40)30-23-27-5-8-33(30)52-27)24-44-10-9-41-11-16-45-34(38)28-21-25-3-6-31(28)50-25/h3-8,25-33H,2,9-24H2,1H3. The van der Waals surface area contributed by atoms with Crippen molar-refractivity contribution >= 4 is 17.9 Å². The molecule has 3 fully saturated rings. The van der Waals surface area contributed by atoms with Crippen LogP contribution >= 0.6 is 0 Å². The molecule has 0 amide bonds. The SMILES string of the molecule is CCC(COCCOCCOC(=O)C1CC2C=CC1O2)(OCCOCCOC(=O)C1CC2C=CC1O2)OCCOCCOC(=O)C1CC2C=CC1O2.